The molecule has 2 N–H and O–H groups in total. The number of hydrogen-bond acceptors (Lipinski definition) is 6. The zero-order valence-corrected chi connectivity index (χ0v) is 23.2. The van der Waals surface area contributed by atoms with Gasteiger partial charge in [0, 0.05) is 12.8 Å². The van der Waals surface area contributed by atoms with Gasteiger partial charge in [-0.15, -0.1) is 0 Å². The second-order valence-corrected chi connectivity index (χ2v) is 11.9. The summed E-state index contributed by atoms with van der Waals surface area (Å²) < 4.78 is 11.7. The van der Waals surface area contributed by atoms with Gasteiger partial charge in [0.15, 0.2) is 0 Å². The number of aliphatic carboxylic acids is 2. The molecule has 212 valence electrons. The van der Waals surface area contributed by atoms with E-state index < -0.39 is 17.9 Å². The van der Waals surface area contributed by atoms with Crippen molar-refractivity contribution in [3.05, 3.63) is 0 Å². The summed E-state index contributed by atoms with van der Waals surface area (Å²) in [4.78, 5) is 46.2. The van der Waals surface area contributed by atoms with Crippen LogP contribution >= 0.6 is 0 Å². The van der Waals surface area contributed by atoms with Crippen LogP contribution < -0.4 is 0 Å². The molecule has 0 bridgehead atoms. The summed E-state index contributed by atoms with van der Waals surface area (Å²) in [6.45, 7) is 8.74. The topological polar surface area (TPSA) is 127 Å². The molecular formula is C29H48O8. The van der Waals surface area contributed by atoms with E-state index in [2.05, 4.69) is 27.7 Å². The van der Waals surface area contributed by atoms with E-state index in [1.165, 1.54) is 0 Å². The molecule has 0 heterocycles. The minimum atomic E-state index is -0.990. The zero-order chi connectivity index (χ0) is 27.5. The summed E-state index contributed by atoms with van der Waals surface area (Å²) >= 11 is 0. The van der Waals surface area contributed by atoms with E-state index in [1.54, 1.807) is 0 Å². The molecule has 3 unspecified atom stereocenters. The molecule has 2 aliphatic carbocycles. The molecule has 0 aromatic carbocycles. The number of ether oxygens (including phenoxy) is 2. The molecule has 0 radical (unpaired) electrons. The molecule has 2 rings (SSSR count). The average molecular weight is 525 g/mol. The van der Waals surface area contributed by atoms with Crippen molar-refractivity contribution in [2.75, 3.05) is 0 Å². The maximum Gasteiger partial charge on any atom is 0.306 e. The Morgan fingerprint density at radius 3 is 1.97 bits per heavy atom. The Kier molecular flexibility index (Phi) is 12.9. The van der Waals surface area contributed by atoms with E-state index in [0.717, 1.165) is 51.4 Å². The highest BCUT2D eigenvalue weighted by Gasteiger charge is 2.37. The van der Waals surface area contributed by atoms with Gasteiger partial charge in [0.05, 0.1) is 12.8 Å². The van der Waals surface area contributed by atoms with E-state index in [1.807, 2.05) is 0 Å². The first-order chi connectivity index (χ1) is 17.5. The van der Waals surface area contributed by atoms with Crippen molar-refractivity contribution in [1.29, 1.82) is 0 Å². The van der Waals surface area contributed by atoms with Crippen LogP contribution in [0.4, 0.5) is 0 Å². The molecule has 8 nitrogen and oxygen atoms in total. The van der Waals surface area contributed by atoms with Crippen molar-refractivity contribution in [1.82, 2.24) is 0 Å². The number of carboxylic acids is 2. The van der Waals surface area contributed by atoms with Crippen LogP contribution in [0.2, 0.25) is 0 Å². The fourth-order valence-electron chi connectivity index (χ4n) is 6.30. The quantitative estimate of drug-likeness (QED) is 0.271. The number of rotatable bonds is 14. The van der Waals surface area contributed by atoms with Crippen LogP contribution in [0, 0.1) is 35.5 Å². The predicted octanol–water partition coefficient (Wildman–Crippen LogP) is 5.85. The lowest BCUT2D eigenvalue weighted by Gasteiger charge is -2.40. The molecule has 2 saturated carbocycles. The lowest BCUT2D eigenvalue weighted by Crippen LogP contribution is -2.38. The molecule has 2 aliphatic rings. The Bertz CT molecular complexity index is 763. The second-order valence-electron chi connectivity index (χ2n) is 11.9. The van der Waals surface area contributed by atoms with Gasteiger partial charge in [-0.1, -0.05) is 47.0 Å². The van der Waals surface area contributed by atoms with Crippen molar-refractivity contribution < 1.29 is 38.9 Å². The van der Waals surface area contributed by atoms with Gasteiger partial charge in [-0.3, -0.25) is 19.2 Å². The van der Waals surface area contributed by atoms with Gasteiger partial charge in [-0.2, -0.15) is 0 Å². The Hall–Kier alpha value is -2.12. The third kappa shape index (κ3) is 11.0. The Morgan fingerprint density at radius 2 is 1.35 bits per heavy atom. The molecule has 37 heavy (non-hydrogen) atoms. The van der Waals surface area contributed by atoms with E-state index >= 15 is 0 Å². The van der Waals surface area contributed by atoms with Crippen LogP contribution in [-0.2, 0) is 28.7 Å². The normalized spacial score (nSPS) is 28.9. The lowest BCUT2D eigenvalue weighted by molar-refractivity contribution is -0.159. The van der Waals surface area contributed by atoms with Crippen molar-refractivity contribution in [2.24, 2.45) is 35.5 Å². The second kappa shape index (κ2) is 15.3. The summed E-state index contributed by atoms with van der Waals surface area (Å²) in [5, 5.41) is 17.7. The molecule has 0 saturated heterocycles. The van der Waals surface area contributed by atoms with Gasteiger partial charge in [0.2, 0.25) is 0 Å². The minimum absolute atomic E-state index is 0.0241. The Morgan fingerprint density at radius 1 is 0.757 bits per heavy atom. The number of esters is 2. The lowest BCUT2D eigenvalue weighted by atomic mass is 9.70. The van der Waals surface area contributed by atoms with E-state index in [9.17, 15) is 19.2 Å². The summed E-state index contributed by atoms with van der Waals surface area (Å²) in [7, 11) is 0. The van der Waals surface area contributed by atoms with Crippen molar-refractivity contribution >= 4 is 23.9 Å². The summed E-state index contributed by atoms with van der Waals surface area (Å²) in [6, 6.07) is 0. The largest absolute Gasteiger partial charge is 0.481 e. The number of carbonyl (C=O) groups is 4. The molecule has 0 aromatic rings. The minimum Gasteiger partial charge on any atom is -0.481 e. The van der Waals surface area contributed by atoms with Gasteiger partial charge in [-0.25, -0.2) is 0 Å². The molecule has 8 heteroatoms. The van der Waals surface area contributed by atoms with E-state index in [4.69, 9.17) is 19.7 Å². The number of carbonyl (C=O) groups excluding carboxylic acids is 2. The summed E-state index contributed by atoms with van der Waals surface area (Å²) in [5.74, 6) is -0.256. The predicted molar refractivity (Wildman–Crippen MR) is 139 cm³/mol. The fourth-order valence-corrected chi connectivity index (χ4v) is 6.30. The van der Waals surface area contributed by atoms with Crippen LogP contribution in [0.3, 0.4) is 0 Å². The van der Waals surface area contributed by atoms with Gasteiger partial charge >= 0.3 is 23.9 Å². The molecular weight excluding hydrogens is 476 g/mol. The monoisotopic (exact) mass is 524 g/mol. The highest BCUT2D eigenvalue weighted by atomic mass is 16.5. The third-order valence-electron chi connectivity index (χ3n) is 8.55. The maximum absolute atomic E-state index is 12.4. The van der Waals surface area contributed by atoms with Crippen molar-refractivity contribution in [3.63, 3.8) is 0 Å². The highest BCUT2D eigenvalue weighted by Crippen LogP contribution is 2.41. The van der Waals surface area contributed by atoms with Gasteiger partial charge in [0.1, 0.15) is 12.2 Å². The van der Waals surface area contributed by atoms with Gasteiger partial charge in [-0.05, 0) is 74.0 Å². The standard InChI is InChI=1S/C29H48O8/c1-18(2)22-13-11-21(17-25(22)37-28(34)7-5-6-26(30)31)10-9-20(4)23-12-8-19(3)16-24(23)36-29(35)15-14-27(32)33/h18-25H,5-17H2,1-4H3,(H,30,31)(H,32,33)/t19-,20?,21?,22?,23+,24-,25-/m1/s1. The smallest absolute Gasteiger partial charge is 0.306 e. The van der Waals surface area contributed by atoms with Gasteiger partial charge in [0.25, 0.3) is 0 Å². The van der Waals surface area contributed by atoms with E-state index in [-0.39, 0.29) is 49.8 Å². The van der Waals surface area contributed by atoms with Crippen LogP contribution in [0.1, 0.15) is 111 Å². The number of carboxylic acid groups (broad SMARTS) is 2. The van der Waals surface area contributed by atoms with Crippen molar-refractivity contribution in [3.8, 4) is 0 Å². The first-order valence-corrected chi connectivity index (χ1v) is 14.3. The highest BCUT2D eigenvalue weighted by molar-refractivity contribution is 5.76. The van der Waals surface area contributed by atoms with Crippen LogP contribution in [0.15, 0.2) is 0 Å². The first kappa shape index (κ1) is 31.1. The molecule has 2 fully saturated rings. The van der Waals surface area contributed by atoms with E-state index in [0.29, 0.717) is 36.0 Å². The van der Waals surface area contributed by atoms with Crippen LogP contribution in [0.5, 0.6) is 0 Å². The number of hydrogen-bond donors (Lipinski definition) is 2. The average Bonchev–Trinajstić information content (AvgIpc) is 2.81. The van der Waals surface area contributed by atoms with Crippen molar-refractivity contribution in [2.45, 2.75) is 123 Å². The van der Waals surface area contributed by atoms with Crippen LogP contribution in [0.25, 0.3) is 0 Å². The summed E-state index contributed by atoms with van der Waals surface area (Å²) in [5.41, 5.74) is 0. The molecule has 0 spiro atoms. The van der Waals surface area contributed by atoms with Crippen LogP contribution in [-0.4, -0.2) is 46.3 Å². The Balaban J connectivity index is 1.90. The molecule has 0 amide bonds. The SMILES string of the molecule is CC(C)C1CCC(CCC(C)[C@@H]2CC[C@@H](C)C[C@H]2OC(=O)CCC(=O)O)C[C@H]1OC(=O)CCCC(=O)O. The van der Waals surface area contributed by atoms with Gasteiger partial charge < -0.3 is 19.7 Å². The maximum atomic E-state index is 12.4. The fraction of sp³-hybridized carbons (Fsp3) is 0.862. The first-order valence-electron chi connectivity index (χ1n) is 14.3. The Labute approximate surface area is 221 Å². The molecule has 7 atom stereocenters. The summed E-state index contributed by atoms with van der Waals surface area (Å²) in [6.07, 6.45) is 7.82. The molecule has 0 aliphatic heterocycles. The zero-order valence-electron chi connectivity index (χ0n) is 23.2. The molecule has 0 aromatic heterocycles. The third-order valence-corrected chi connectivity index (χ3v) is 8.55.